The Balaban J connectivity index is 1.60. The van der Waals surface area contributed by atoms with Crippen molar-refractivity contribution in [1.29, 1.82) is 0 Å². The van der Waals surface area contributed by atoms with Crippen molar-refractivity contribution < 1.29 is 9.59 Å². The lowest BCUT2D eigenvalue weighted by Gasteiger charge is -2.21. The van der Waals surface area contributed by atoms with E-state index in [0.717, 1.165) is 24.0 Å². The number of nitrogens with one attached hydrogen (secondary N) is 1. The molecule has 2 amide bonds. The highest BCUT2D eigenvalue weighted by atomic mass is 16.2. The molecule has 1 aliphatic rings. The van der Waals surface area contributed by atoms with Crippen LogP contribution in [0, 0.1) is 0 Å². The molecule has 0 spiro atoms. The van der Waals surface area contributed by atoms with Gasteiger partial charge in [0, 0.05) is 25.2 Å². The van der Waals surface area contributed by atoms with Crippen LogP contribution >= 0.6 is 0 Å². The second kappa shape index (κ2) is 7.32. The van der Waals surface area contributed by atoms with Crippen LogP contribution in [0.1, 0.15) is 48.2 Å². The molecule has 0 heterocycles. The molecule has 1 fully saturated rings. The van der Waals surface area contributed by atoms with E-state index in [2.05, 4.69) is 5.32 Å². The van der Waals surface area contributed by atoms with E-state index in [0.29, 0.717) is 12.1 Å². The molecule has 2 aromatic carbocycles. The number of carbonyl (C=O) groups excluding carboxylic acids is 2. The van der Waals surface area contributed by atoms with Crippen LogP contribution in [0.2, 0.25) is 0 Å². The monoisotopic (exact) mass is 350 g/mol. The van der Waals surface area contributed by atoms with E-state index in [1.807, 2.05) is 68.4 Å². The number of hydrogen-bond donors (Lipinski definition) is 1. The molecule has 4 heteroatoms. The van der Waals surface area contributed by atoms with Crippen molar-refractivity contribution in [2.45, 2.75) is 44.7 Å². The van der Waals surface area contributed by atoms with Crippen LogP contribution in [-0.4, -0.2) is 29.8 Å². The number of nitrogens with zero attached hydrogens (tertiary/aromatic N) is 1. The fourth-order valence-corrected chi connectivity index (χ4v) is 3.08. The number of carbonyl (C=O) groups is 2. The van der Waals surface area contributed by atoms with Gasteiger partial charge >= 0.3 is 0 Å². The normalized spacial score (nSPS) is 14.8. The molecule has 1 N–H and O–H groups in total. The van der Waals surface area contributed by atoms with E-state index < -0.39 is 0 Å². The minimum absolute atomic E-state index is 0.0107. The highest BCUT2D eigenvalue weighted by Crippen LogP contribution is 2.48. The molecule has 26 heavy (non-hydrogen) atoms. The SMILES string of the molecule is CC(C)N(C)C(=O)c1ccc(CNC(=O)C2(c3ccccc3)CC2)cc1. The molecule has 0 unspecified atom stereocenters. The van der Waals surface area contributed by atoms with Crippen LogP contribution < -0.4 is 5.32 Å². The van der Waals surface area contributed by atoms with E-state index in [1.54, 1.807) is 11.9 Å². The van der Waals surface area contributed by atoms with E-state index in [1.165, 1.54) is 0 Å². The third-order valence-electron chi connectivity index (χ3n) is 5.26. The van der Waals surface area contributed by atoms with Crippen LogP contribution in [0.3, 0.4) is 0 Å². The summed E-state index contributed by atoms with van der Waals surface area (Å²) in [7, 11) is 1.81. The fourth-order valence-electron chi connectivity index (χ4n) is 3.08. The lowest BCUT2D eigenvalue weighted by atomic mass is 9.95. The fraction of sp³-hybridized carbons (Fsp3) is 0.364. The number of amides is 2. The average molecular weight is 350 g/mol. The van der Waals surface area contributed by atoms with E-state index >= 15 is 0 Å². The Morgan fingerprint density at radius 2 is 1.65 bits per heavy atom. The highest BCUT2D eigenvalue weighted by molar-refractivity contribution is 5.94. The first-order valence-electron chi connectivity index (χ1n) is 9.14. The smallest absolute Gasteiger partial charge is 0.253 e. The Hall–Kier alpha value is -2.62. The van der Waals surface area contributed by atoms with Gasteiger partial charge in [-0.1, -0.05) is 42.5 Å². The van der Waals surface area contributed by atoms with Gasteiger partial charge in [-0.15, -0.1) is 0 Å². The summed E-state index contributed by atoms with van der Waals surface area (Å²) in [6.45, 7) is 4.45. The van der Waals surface area contributed by atoms with Crippen LogP contribution in [0.15, 0.2) is 54.6 Å². The van der Waals surface area contributed by atoms with Crippen LogP contribution in [0.5, 0.6) is 0 Å². The molecule has 3 rings (SSSR count). The van der Waals surface area contributed by atoms with Gasteiger partial charge in [-0.2, -0.15) is 0 Å². The summed E-state index contributed by atoms with van der Waals surface area (Å²) in [5.41, 5.74) is 2.40. The van der Waals surface area contributed by atoms with E-state index in [4.69, 9.17) is 0 Å². The molecule has 0 aromatic heterocycles. The van der Waals surface area contributed by atoms with E-state index in [-0.39, 0.29) is 23.3 Å². The topological polar surface area (TPSA) is 49.4 Å². The van der Waals surface area contributed by atoms with Crippen LogP contribution in [0.4, 0.5) is 0 Å². The number of benzene rings is 2. The predicted octanol–water partition coefficient (Wildman–Crippen LogP) is 3.52. The summed E-state index contributed by atoms with van der Waals surface area (Å²) >= 11 is 0. The van der Waals surface area contributed by atoms with E-state index in [9.17, 15) is 9.59 Å². The lowest BCUT2D eigenvalue weighted by molar-refractivity contribution is -0.123. The Morgan fingerprint density at radius 1 is 1.04 bits per heavy atom. The molecular weight excluding hydrogens is 324 g/mol. The average Bonchev–Trinajstić information content (AvgIpc) is 3.48. The summed E-state index contributed by atoms with van der Waals surface area (Å²) < 4.78 is 0. The van der Waals surface area contributed by atoms with Gasteiger partial charge < -0.3 is 10.2 Å². The summed E-state index contributed by atoms with van der Waals surface area (Å²) in [6.07, 6.45) is 1.80. The Kier molecular flexibility index (Phi) is 5.12. The summed E-state index contributed by atoms with van der Waals surface area (Å²) in [4.78, 5) is 26.7. The maximum atomic E-state index is 12.7. The van der Waals surface area contributed by atoms with Crippen molar-refractivity contribution in [1.82, 2.24) is 10.2 Å². The third-order valence-corrected chi connectivity index (χ3v) is 5.26. The minimum Gasteiger partial charge on any atom is -0.351 e. The highest BCUT2D eigenvalue weighted by Gasteiger charge is 2.50. The molecule has 0 bridgehead atoms. The quantitative estimate of drug-likeness (QED) is 0.867. The predicted molar refractivity (Wildman–Crippen MR) is 103 cm³/mol. The number of hydrogen-bond acceptors (Lipinski definition) is 2. The zero-order chi connectivity index (χ0) is 18.7. The third kappa shape index (κ3) is 3.64. The van der Waals surface area contributed by atoms with Crippen LogP contribution in [0.25, 0.3) is 0 Å². The molecule has 4 nitrogen and oxygen atoms in total. The zero-order valence-electron chi connectivity index (χ0n) is 15.7. The van der Waals surface area contributed by atoms with Crippen molar-refractivity contribution in [2.24, 2.45) is 0 Å². The van der Waals surface area contributed by atoms with Crippen molar-refractivity contribution in [3.63, 3.8) is 0 Å². The van der Waals surface area contributed by atoms with Gasteiger partial charge in [-0.25, -0.2) is 0 Å². The molecule has 1 saturated carbocycles. The van der Waals surface area contributed by atoms with Crippen LogP contribution in [-0.2, 0) is 16.8 Å². The van der Waals surface area contributed by atoms with Gasteiger partial charge in [-0.3, -0.25) is 9.59 Å². The Labute approximate surface area is 155 Å². The summed E-state index contributed by atoms with van der Waals surface area (Å²) in [6, 6.07) is 17.6. The Bertz CT molecular complexity index is 778. The molecule has 0 atom stereocenters. The van der Waals surface area contributed by atoms with Gasteiger partial charge in [0.2, 0.25) is 5.91 Å². The lowest BCUT2D eigenvalue weighted by Crippen LogP contribution is -2.34. The largest absolute Gasteiger partial charge is 0.351 e. The maximum Gasteiger partial charge on any atom is 0.253 e. The van der Waals surface area contributed by atoms with Gasteiger partial charge in [0.1, 0.15) is 0 Å². The van der Waals surface area contributed by atoms with Gasteiger partial charge in [0.15, 0.2) is 0 Å². The second-order valence-electron chi connectivity index (χ2n) is 7.34. The standard InChI is InChI=1S/C22H26N2O2/c1-16(2)24(3)20(25)18-11-9-17(10-12-18)15-23-21(26)22(13-14-22)19-7-5-4-6-8-19/h4-12,16H,13-15H2,1-3H3,(H,23,26). The molecular formula is C22H26N2O2. The van der Waals surface area contributed by atoms with Crippen molar-refractivity contribution >= 4 is 11.8 Å². The first-order valence-corrected chi connectivity index (χ1v) is 9.14. The molecule has 0 saturated heterocycles. The maximum absolute atomic E-state index is 12.7. The molecule has 0 aliphatic heterocycles. The Morgan fingerprint density at radius 3 is 2.19 bits per heavy atom. The summed E-state index contributed by atoms with van der Waals surface area (Å²) in [5.74, 6) is 0.0972. The van der Waals surface area contributed by atoms with Crippen molar-refractivity contribution in [2.75, 3.05) is 7.05 Å². The molecule has 136 valence electrons. The molecule has 2 aromatic rings. The van der Waals surface area contributed by atoms with Crippen molar-refractivity contribution in [3.8, 4) is 0 Å². The first-order chi connectivity index (χ1) is 12.4. The minimum atomic E-state index is -0.350. The first kappa shape index (κ1) is 18.2. The van der Waals surface area contributed by atoms with Gasteiger partial charge in [-0.05, 0) is 49.9 Å². The van der Waals surface area contributed by atoms with Gasteiger partial charge in [0.05, 0.1) is 5.41 Å². The van der Waals surface area contributed by atoms with Crippen molar-refractivity contribution in [3.05, 3.63) is 71.3 Å². The summed E-state index contributed by atoms with van der Waals surface area (Å²) in [5, 5.41) is 3.06. The molecule has 1 aliphatic carbocycles. The number of rotatable bonds is 6. The zero-order valence-corrected chi connectivity index (χ0v) is 15.7. The second-order valence-corrected chi connectivity index (χ2v) is 7.34. The molecule has 0 radical (unpaired) electrons. The van der Waals surface area contributed by atoms with Gasteiger partial charge in [0.25, 0.3) is 5.91 Å².